The van der Waals surface area contributed by atoms with Gasteiger partial charge in [-0.3, -0.25) is 4.68 Å². The van der Waals surface area contributed by atoms with Crippen molar-refractivity contribution in [1.29, 1.82) is 0 Å². The van der Waals surface area contributed by atoms with Gasteiger partial charge in [-0.25, -0.2) is 0 Å². The van der Waals surface area contributed by atoms with Gasteiger partial charge in [0.1, 0.15) is 0 Å². The monoisotopic (exact) mass is 198 g/mol. The van der Waals surface area contributed by atoms with Gasteiger partial charge in [0.15, 0.2) is 0 Å². The highest BCUT2D eigenvalue weighted by Gasteiger charge is 1.95. The van der Waals surface area contributed by atoms with Crippen molar-refractivity contribution in [2.45, 2.75) is 19.9 Å². The van der Waals surface area contributed by atoms with Crippen molar-refractivity contribution < 1.29 is 9.47 Å². The zero-order valence-electron chi connectivity index (χ0n) is 8.90. The fraction of sp³-hybridized carbons (Fsp3) is 0.700. The first-order valence-corrected chi connectivity index (χ1v) is 4.89. The third-order valence-electron chi connectivity index (χ3n) is 2.02. The largest absolute Gasteiger partial charge is 0.382 e. The predicted molar refractivity (Wildman–Crippen MR) is 54.3 cm³/mol. The van der Waals surface area contributed by atoms with Crippen molar-refractivity contribution in [1.82, 2.24) is 9.78 Å². The molecule has 1 rings (SSSR count). The van der Waals surface area contributed by atoms with E-state index in [-0.39, 0.29) is 0 Å². The Labute approximate surface area is 84.8 Å². The van der Waals surface area contributed by atoms with Gasteiger partial charge in [-0.2, -0.15) is 5.10 Å². The van der Waals surface area contributed by atoms with Crippen molar-refractivity contribution in [2.24, 2.45) is 0 Å². The molecule has 4 nitrogen and oxygen atoms in total. The number of nitrogens with zero attached hydrogens (tertiary/aromatic N) is 2. The highest BCUT2D eigenvalue weighted by atomic mass is 16.5. The minimum atomic E-state index is 0.667. The number of hydrogen-bond acceptors (Lipinski definition) is 3. The zero-order chi connectivity index (χ0) is 10.2. The summed E-state index contributed by atoms with van der Waals surface area (Å²) in [5, 5.41) is 4.19. The molecule has 0 unspecified atom stereocenters. The summed E-state index contributed by atoms with van der Waals surface area (Å²) in [6, 6.07) is 2.01. The number of methoxy groups -OCH3 is 1. The molecule has 0 aliphatic heterocycles. The summed E-state index contributed by atoms with van der Waals surface area (Å²) in [5.74, 6) is 0. The quantitative estimate of drug-likeness (QED) is 0.618. The van der Waals surface area contributed by atoms with Gasteiger partial charge in [0, 0.05) is 32.2 Å². The van der Waals surface area contributed by atoms with Gasteiger partial charge in [-0.05, 0) is 19.4 Å². The molecule has 0 aliphatic rings. The fourth-order valence-corrected chi connectivity index (χ4v) is 1.19. The Bertz CT molecular complexity index is 248. The normalized spacial score (nSPS) is 10.7. The maximum atomic E-state index is 5.35. The van der Waals surface area contributed by atoms with Crippen LogP contribution in [0.5, 0.6) is 0 Å². The minimum absolute atomic E-state index is 0.667. The van der Waals surface area contributed by atoms with E-state index in [0.717, 1.165) is 19.6 Å². The van der Waals surface area contributed by atoms with Crippen LogP contribution in [0.4, 0.5) is 0 Å². The molecule has 0 amide bonds. The van der Waals surface area contributed by atoms with E-state index in [2.05, 4.69) is 12.0 Å². The third-order valence-corrected chi connectivity index (χ3v) is 2.02. The first kappa shape index (κ1) is 11.2. The van der Waals surface area contributed by atoms with Gasteiger partial charge >= 0.3 is 0 Å². The summed E-state index contributed by atoms with van der Waals surface area (Å²) in [6.45, 7) is 5.09. The molecule has 0 aromatic carbocycles. The van der Waals surface area contributed by atoms with E-state index in [1.165, 1.54) is 5.69 Å². The lowest BCUT2D eigenvalue weighted by Gasteiger charge is -2.05. The van der Waals surface area contributed by atoms with E-state index in [0.29, 0.717) is 13.2 Å². The fourth-order valence-electron chi connectivity index (χ4n) is 1.19. The Kier molecular flexibility index (Phi) is 5.25. The van der Waals surface area contributed by atoms with Crippen LogP contribution < -0.4 is 0 Å². The second-order valence-electron chi connectivity index (χ2n) is 3.15. The molecular formula is C10H18N2O2. The molecule has 1 aromatic heterocycles. The van der Waals surface area contributed by atoms with Gasteiger partial charge in [-0.15, -0.1) is 0 Å². The van der Waals surface area contributed by atoms with Crippen LogP contribution in [0.2, 0.25) is 0 Å². The van der Waals surface area contributed by atoms with E-state index in [1.807, 2.05) is 16.9 Å². The van der Waals surface area contributed by atoms with Crippen molar-refractivity contribution >= 4 is 0 Å². The van der Waals surface area contributed by atoms with Crippen LogP contribution in [0.25, 0.3) is 0 Å². The molecule has 0 fully saturated rings. The van der Waals surface area contributed by atoms with Crippen LogP contribution in [-0.2, 0) is 16.0 Å². The molecule has 0 atom stereocenters. The molecule has 0 saturated carbocycles. The van der Waals surface area contributed by atoms with Crippen LogP contribution in [0.3, 0.4) is 0 Å². The van der Waals surface area contributed by atoms with E-state index in [1.54, 1.807) is 7.11 Å². The summed E-state index contributed by atoms with van der Waals surface area (Å²) in [5.41, 5.74) is 1.20. The van der Waals surface area contributed by atoms with Crippen LogP contribution in [0, 0.1) is 6.92 Å². The zero-order valence-corrected chi connectivity index (χ0v) is 8.90. The van der Waals surface area contributed by atoms with Crippen molar-refractivity contribution in [3.8, 4) is 0 Å². The second kappa shape index (κ2) is 6.56. The van der Waals surface area contributed by atoms with Crippen LogP contribution in [-0.4, -0.2) is 36.7 Å². The van der Waals surface area contributed by atoms with E-state index in [9.17, 15) is 0 Å². The van der Waals surface area contributed by atoms with Gasteiger partial charge in [0.2, 0.25) is 0 Å². The highest BCUT2D eigenvalue weighted by molar-refractivity contribution is 4.96. The van der Waals surface area contributed by atoms with Gasteiger partial charge < -0.3 is 9.47 Å². The summed E-state index contributed by atoms with van der Waals surface area (Å²) in [4.78, 5) is 0. The first-order valence-electron chi connectivity index (χ1n) is 4.89. The average molecular weight is 198 g/mol. The average Bonchev–Trinajstić information content (AvgIpc) is 2.58. The van der Waals surface area contributed by atoms with Gasteiger partial charge in [-0.1, -0.05) is 0 Å². The molecule has 80 valence electrons. The molecule has 4 heteroatoms. The SMILES string of the molecule is COCCOCCCn1nccc1C. The Balaban J connectivity index is 2.02. The molecule has 0 saturated heterocycles. The first-order chi connectivity index (χ1) is 6.84. The Morgan fingerprint density at radius 3 is 2.86 bits per heavy atom. The number of aromatic nitrogens is 2. The summed E-state index contributed by atoms with van der Waals surface area (Å²) in [6.07, 6.45) is 2.81. The van der Waals surface area contributed by atoms with E-state index < -0.39 is 0 Å². The Morgan fingerprint density at radius 1 is 1.36 bits per heavy atom. The highest BCUT2D eigenvalue weighted by Crippen LogP contribution is 1.97. The lowest BCUT2D eigenvalue weighted by Crippen LogP contribution is -2.07. The van der Waals surface area contributed by atoms with Crippen molar-refractivity contribution in [2.75, 3.05) is 26.9 Å². The van der Waals surface area contributed by atoms with Crippen LogP contribution in [0.15, 0.2) is 12.3 Å². The molecule has 0 N–H and O–H groups in total. The molecule has 0 radical (unpaired) electrons. The molecule has 0 bridgehead atoms. The van der Waals surface area contributed by atoms with Crippen LogP contribution in [0.1, 0.15) is 12.1 Å². The topological polar surface area (TPSA) is 36.3 Å². The minimum Gasteiger partial charge on any atom is -0.382 e. The lowest BCUT2D eigenvalue weighted by atomic mass is 10.4. The number of hydrogen-bond donors (Lipinski definition) is 0. The number of rotatable bonds is 7. The summed E-state index contributed by atoms with van der Waals surface area (Å²) in [7, 11) is 1.68. The van der Waals surface area contributed by atoms with Crippen LogP contribution >= 0.6 is 0 Å². The standard InChI is InChI=1S/C10H18N2O2/c1-10-4-5-11-12(10)6-3-7-14-9-8-13-2/h4-5H,3,6-9H2,1-2H3. The summed E-state index contributed by atoms with van der Waals surface area (Å²) < 4.78 is 12.2. The third kappa shape index (κ3) is 3.89. The molecule has 0 aliphatic carbocycles. The van der Waals surface area contributed by atoms with Gasteiger partial charge in [0.25, 0.3) is 0 Å². The van der Waals surface area contributed by atoms with Crippen molar-refractivity contribution in [3.05, 3.63) is 18.0 Å². The maximum absolute atomic E-state index is 5.35. The molecule has 1 aromatic rings. The Hall–Kier alpha value is -0.870. The Morgan fingerprint density at radius 2 is 2.21 bits per heavy atom. The number of aryl methyl sites for hydroxylation is 2. The van der Waals surface area contributed by atoms with Crippen molar-refractivity contribution in [3.63, 3.8) is 0 Å². The molecule has 0 spiro atoms. The second-order valence-corrected chi connectivity index (χ2v) is 3.15. The van der Waals surface area contributed by atoms with Gasteiger partial charge in [0.05, 0.1) is 13.2 Å². The summed E-state index contributed by atoms with van der Waals surface area (Å²) >= 11 is 0. The maximum Gasteiger partial charge on any atom is 0.0700 e. The molecule has 14 heavy (non-hydrogen) atoms. The lowest BCUT2D eigenvalue weighted by molar-refractivity contribution is 0.0676. The molecule has 1 heterocycles. The molecular weight excluding hydrogens is 180 g/mol. The predicted octanol–water partition coefficient (Wildman–Crippen LogP) is 1.24. The van der Waals surface area contributed by atoms with E-state index in [4.69, 9.17) is 9.47 Å². The number of ether oxygens (including phenoxy) is 2. The smallest absolute Gasteiger partial charge is 0.0700 e. The van der Waals surface area contributed by atoms with E-state index >= 15 is 0 Å².